The van der Waals surface area contributed by atoms with Crippen molar-refractivity contribution in [2.75, 3.05) is 13.2 Å². The van der Waals surface area contributed by atoms with Gasteiger partial charge < -0.3 is 10.1 Å². The summed E-state index contributed by atoms with van der Waals surface area (Å²) < 4.78 is 6.58. The minimum atomic E-state index is -0.156. The third kappa shape index (κ3) is 3.45. The molecule has 0 bridgehead atoms. The molecular weight excluding hydrogens is 366 g/mol. The van der Waals surface area contributed by atoms with Gasteiger partial charge in [-0.3, -0.25) is 4.79 Å². The van der Waals surface area contributed by atoms with Crippen LogP contribution in [0.4, 0.5) is 0 Å². The molecule has 0 aromatic heterocycles. The number of rotatable bonds is 3. The molecule has 0 fully saturated rings. The van der Waals surface area contributed by atoms with Gasteiger partial charge in [-0.2, -0.15) is 0 Å². The Balaban J connectivity index is 1.60. The molecule has 1 aliphatic rings. The van der Waals surface area contributed by atoms with Crippen LogP contribution in [0.2, 0.25) is 5.02 Å². The van der Waals surface area contributed by atoms with Crippen LogP contribution in [0.5, 0.6) is 5.75 Å². The Hall–Kier alpha value is -1.52. The molecule has 1 amide bonds. The normalized spacial score (nSPS) is 16.5. The van der Waals surface area contributed by atoms with Crippen LogP contribution >= 0.6 is 27.5 Å². The number of hydrogen-bond donors (Lipinski definition) is 1. The fourth-order valence-electron chi connectivity index (χ4n) is 2.53. The third-order valence-electron chi connectivity index (χ3n) is 3.68. The summed E-state index contributed by atoms with van der Waals surface area (Å²) >= 11 is 9.43. The Labute approximate surface area is 142 Å². The van der Waals surface area contributed by atoms with E-state index in [9.17, 15) is 4.79 Å². The number of fused-ring (bicyclic) bond motifs is 1. The van der Waals surface area contributed by atoms with Crippen LogP contribution in [-0.4, -0.2) is 19.1 Å². The van der Waals surface area contributed by atoms with Crippen molar-refractivity contribution in [3.8, 4) is 5.75 Å². The lowest BCUT2D eigenvalue weighted by Crippen LogP contribution is -2.34. The number of nitrogens with one attached hydrogen (secondary N) is 1. The molecule has 1 heterocycles. The number of halogens is 2. The Kier molecular flexibility index (Phi) is 4.69. The van der Waals surface area contributed by atoms with Gasteiger partial charge >= 0.3 is 0 Å². The Morgan fingerprint density at radius 1 is 1.32 bits per heavy atom. The van der Waals surface area contributed by atoms with Gasteiger partial charge in [-0.15, -0.1) is 0 Å². The van der Waals surface area contributed by atoms with Crippen LogP contribution in [0.1, 0.15) is 15.9 Å². The lowest BCUT2D eigenvalue weighted by molar-refractivity contribution is 0.0939. The number of carbonyl (C=O) groups is 1. The monoisotopic (exact) mass is 379 g/mol. The molecule has 0 spiro atoms. The van der Waals surface area contributed by atoms with Gasteiger partial charge in [0, 0.05) is 16.9 Å². The zero-order valence-corrected chi connectivity index (χ0v) is 14.2. The second-order valence-corrected chi connectivity index (χ2v) is 6.65. The topological polar surface area (TPSA) is 38.3 Å². The van der Waals surface area contributed by atoms with E-state index in [0.717, 1.165) is 16.6 Å². The molecule has 114 valence electrons. The minimum absolute atomic E-state index is 0.156. The summed E-state index contributed by atoms with van der Waals surface area (Å²) in [6.45, 7) is 1.19. The molecule has 3 rings (SSSR count). The van der Waals surface area contributed by atoms with Gasteiger partial charge in [0.05, 0.1) is 17.2 Å². The molecule has 1 atom stereocenters. The predicted octanol–water partition coefficient (Wildman–Crippen LogP) is 4.08. The van der Waals surface area contributed by atoms with E-state index >= 15 is 0 Å². The van der Waals surface area contributed by atoms with E-state index in [-0.39, 0.29) is 11.8 Å². The molecule has 2 aromatic rings. The van der Waals surface area contributed by atoms with Crippen LogP contribution in [0.25, 0.3) is 0 Å². The fourth-order valence-corrected chi connectivity index (χ4v) is 3.29. The van der Waals surface area contributed by atoms with Crippen molar-refractivity contribution in [3.63, 3.8) is 0 Å². The van der Waals surface area contributed by atoms with E-state index in [0.29, 0.717) is 23.7 Å². The van der Waals surface area contributed by atoms with Crippen molar-refractivity contribution < 1.29 is 9.53 Å². The Morgan fingerprint density at radius 3 is 2.95 bits per heavy atom. The molecule has 5 heteroatoms. The first-order valence-corrected chi connectivity index (χ1v) is 8.24. The number of ether oxygens (including phenoxy) is 1. The van der Waals surface area contributed by atoms with Crippen LogP contribution < -0.4 is 10.1 Å². The molecule has 22 heavy (non-hydrogen) atoms. The molecule has 3 nitrogen and oxygen atoms in total. The first kappa shape index (κ1) is 15.4. The smallest absolute Gasteiger partial charge is 0.252 e. The zero-order valence-electron chi connectivity index (χ0n) is 11.8. The van der Waals surface area contributed by atoms with Gasteiger partial charge in [-0.1, -0.05) is 45.7 Å². The van der Waals surface area contributed by atoms with Gasteiger partial charge in [0.25, 0.3) is 5.91 Å². The van der Waals surface area contributed by atoms with E-state index in [4.69, 9.17) is 16.3 Å². The van der Waals surface area contributed by atoms with E-state index < -0.39 is 0 Å². The van der Waals surface area contributed by atoms with Gasteiger partial charge in [-0.05, 0) is 36.2 Å². The number of hydrogen-bond acceptors (Lipinski definition) is 2. The molecule has 0 aliphatic carbocycles. The van der Waals surface area contributed by atoms with E-state index in [1.54, 1.807) is 18.2 Å². The average Bonchev–Trinajstić information content (AvgIpc) is 2.52. The summed E-state index contributed by atoms with van der Waals surface area (Å²) in [6, 6.07) is 13.3. The average molecular weight is 381 g/mol. The van der Waals surface area contributed by atoms with E-state index in [1.807, 2.05) is 18.2 Å². The highest BCUT2D eigenvalue weighted by atomic mass is 79.9. The first-order chi connectivity index (χ1) is 10.6. The highest BCUT2D eigenvalue weighted by molar-refractivity contribution is 9.10. The van der Waals surface area contributed by atoms with Crippen molar-refractivity contribution in [1.82, 2.24) is 5.32 Å². The molecule has 2 aromatic carbocycles. The maximum Gasteiger partial charge on any atom is 0.252 e. The summed E-state index contributed by atoms with van der Waals surface area (Å²) in [5, 5.41) is 3.38. The molecule has 1 unspecified atom stereocenters. The second kappa shape index (κ2) is 6.71. The molecule has 0 radical (unpaired) electrons. The van der Waals surface area contributed by atoms with Crippen LogP contribution in [0.15, 0.2) is 46.9 Å². The van der Waals surface area contributed by atoms with Crippen LogP contribution in [-0.2, 0) is 6.42 Å². The second-order valence-electron chi connectivity index (χ2n) is 5.32. The fraction of sp³-hybridized carbons (Fsp3) is 0.235. The molecule has 1 N–H and O–H groups in total. The van der Waals surface area contributed by atoms with Gasteiger partial charge in [0.1, 0.15) is 5.75 Å². The number of carbonyl (C=O) groups excluding carboxylic acids is 1. The first-order valence-electron chi connectivity index (χ1n) is 7.07. The third-order valence-corrected chi connectivity index (χ3v) is 4.49. The van der Waals surface area contributed by atoms with Crippen molar-refractivity contribution in [3.05, 3.63) is 63.1 Å². The summed E-state index contributed by atoms with van der Waals surface area (Å²) in [7, 11) is 0. The van der Waals surface area contributed by atoms with Gasteiger partial charge in [0.15, 0.2) is 0 Å². The summed E-state index contributed by atoms with van der Waals surface area (Å²) in [6.07, 6.45) is 0.907. The van der Waals surface area contributed by atoms with Crippen molar-refractivity contribution in [2.45, 2.75) is 6.42 Å². The SMILES string of the molecule is O=C(NCC1COc2ccccc2C1)c1ccc(Br)cc1Cl. The lowest BCUT2D eigenvalue weighted by Gasteiger charge is -2.25. The summed E-state index contributed by atoms with van der Waals surface area (Å²) in [5.74, 6) is 1.06. The Morgan fingerprint density at radius 2 is 2.14 bits per heavy atom. The van der Waals surface area contributed by atoms with E-state index in [1.165, 1.54) is 5.56 Å². The quantitative estimate of drug-likeness (QED) is 0.871. The van der Waals surface area contributed by atoms with Gasteiger partial charge in [0.2, 0.25) is 0 Å². The van der Waals surface area contributed by atoms with Crippen molar-refractivity contribution >= 4 is 33.4 Å². The number of benzene rings is 2. The predicted molar refractivity (Wildman–Crippen MR) is 90.6 cm³/mol. The Bertz CT molecular complexity index is 705. The maximum atomic E-state index is 12.2. The largest absolute Gasteiger partial charge is 0.493 e. The van der Waals surface area contributed by atoms with E-state index in [2.05, 4.69) is 27.3 Å². The molecule has 0 saturated heterocycles. The zero-order chi connectivity index (χ0) is 15.5. The highest BCUT2D eigenvalue weighted by Crippen LogP contribution is 2.26. The van der Waals surface area contributed by atoms with Crippen LogP contribution in [0, 0.1) is 5.92 Å². The van der Waals surface area contributed by atoms with Gasteiger partial charge in [-0.25, -0.2) is 0 Å². The summed E-state index contributed by atoms with van der Waals surface area (Å²) in [5.41, 5.74) is 1.68. The van der Waals surface area contributed by atoms with Crippen molar-refractivity contribution in [1.29, 1.82) is 0 Å². The number of para-hydroxylation sites is 1. The molecule has 0 saturated carbocycles. The van der Waals surface area contributed by atoms with Crippen LogP contribution in [0.3, 0.4) is 0 Å². The number of amides is 1. The lowest BCUT2D eigenvalue weighted by atomic mass is 9.96. The molecular formula is C17H15BrClNO2. The standard InChI is InChI=1S/C17H15BrClNO2/c18-13-5-6-14(15(19)8-13)17(21)20-9-11-7-12-3-1-2-4-16(12)22-10-11/h1-6,8,11H,7,9-10H2,(H,20,21). The summed E-state index contributed by atoms with van der Waals surface area (Å²) in [4.78, 5) is 12.2. The highest BCUT2D eigenvalue weighted by Gasteiger charge is 2.20. The minimum Gasteiger partial charge on any atom is -0.493 e. The maximum absolute atomic E-state index is 12.2. The molecule has 1 aliphatic heterocycles. The van der Waals surface area contributed by atoms with Crippen molar-refractivity contribution in [2.24, 2.45) is 5.92 Å².